The van der Waals surface area contributed by atoms with E-state index in [1.807, 2.05) is 50.2 Å². The van der Waals surface area contributed by atoms with Crippen molar-refractivity contribution in [3.05, 3.63) is 53.7 Å². The number of nitrogens with one attached hydrogen (secondary N) is 2. The highest BCUT2D eigenvalue weighted by molar-refractivity contribution is 14.0. The van der Waals surface area contributed by atoms with E-state index >= 15 is 0 Å². The third-order valence-corrected chi connectivity index (χ3v) is 3.48. The molecule has 1 aromatic heterocycles. The summed E-state index contributed by atoms with van der Waals surface area (Å²) in [6.45, 7) is 5.22. The molecule has 0 aliphatic carbocycles. The molecule has 1 heterocycles. The molecule has 0 aliphatic rings. The van der Waals surface area contributed by atoms with Crippen molar-refractivity contribution >= 4 is 29.9 Å². The smallest absolute Gasteiger partial charge is 0.213 e. The molecule has 2 rings (SSSR count). The first-order valence-corrected chi connectivity index (χ1v) is 8.30. The zero-order chi connectivity index (χ0) is 18.1. The van der Waals surface area contributed by atoms with Gasteiger partial charge in [0.25, 0.3) is 0 Å². The largest absolute Gasteiger partial charge is 0.496 e. The number of para-hydroxylation sites is 1. The number of halogens is 1. The van der Waals surface area contributed by atoms with Gasteiger partial charge in [-0.2, -0.15) is 0 Å². The van der Waals surface area contributed by atoms with E-state index in [9.17, 15) is 0 Å². The Balaban J connectivity index is 0.00000338. The van der Waals surface area contributed by atoms with Gasteiger partial charge in [0, 0.05) is 38.0 Å². The lowest BCUT2D eigenvalue weighted by Crippen LogP contribution is -2.36. The molecule has 142 valence electrons. The number of pyridine rings is 1. The standard InChI is InChI=1S/C19H26N4O2.HI/c1-14(2)25-18-10-9-15(11-21-18)12-22-19(20-3)23-13-16-7-5-6-8-17(16)24-4;/h5-11,14H,12-13H2,1-4H3,(H2,20,22,23);1H. The van der Waals surface area contributed by atoms with Crippen LogP contribution in [0.15, 0.2) is 47.6 Å². The van der Waals surface area contributed by atoms with Crippen LogP contribution in [0.3, 0.4) is 0 Å². The predicted molar refractivity (Wildman–Crippen MR) is 115 cm³/mol. The normalized spacial score (nSPS) is 10.9. The maximum Gasteiger partial charge on any atom is 0.213 e. The average Bonchev–Trinajstić information content (AvgIpc) is 2.63. The molecule has 0 saturated carbocycles. The number of nitrogens with zero attached hydrogens (tertiary/aromatic N) is 2. The van der Waals surface area contributed by atoms with Crippen LogP contribution in [-0.2, 0) is 13.1 Å². The SMILES string of the molecule is CN=C(NCc1ccc(OC(C)C)nc1)NCc1ccccc1OC.I. The van der Waals surface area contributed by atoms with Gasteiger partial charge in [0.05, 0.1) is 13.2 Å². The molecule has 0 radical (unpaired) electrons. The molecule has 2 N–H and O–H groups in total. The van der Waals surface area contributed by atoms with Gasteiger partial charge >= 0.3 is 0 Å². The predicted octanol–water partition coefficient (Wildman–Crippen LogP) is 3.36. The molecule has 2 aromatic rings. The summed E-state index contributed by atoms with van der Waals surface area (Å²) in [6, 6.07) is 11.8. The number of hydrogen-bond acceptors (Lipinski definition) is 4. The number of hydrogen-bond donors (Lipinski definition) is 2. The molecule has 0 aliphatic heterocycles. The van der Waals surface area contributed by atoms with Crippen LogP contribution in [0, 0.1) is 0 Å². The summed E-state index contributed by atoms with van der Waals surface area (Å²) in [4.78, 5) is 8.54. The lowest BCUT2D eigenvalue weighted by molar-refractivity contribution is 0.232. The number of benzene rings is 1. The first-order valence-electron chi connectivity index (χ1n) is 8.30. The molecular formula is C19H27IN4O2. The monoisotopic (exact) mass is 470 g/mol. The third-order valence-electron chi connectivity index (χ3n) is 3.48. The van der Waals surface area contributed by atoms with Crippen LogP contribution in [0.5, 0.6) is 11.6 Å². The fraction of sp³-hybridized carbons (Fsp3) is 0.368. The first-order chi connectivity index (χ1) is 12.1. The first kappa shape index (κ1) is 22.0. The van der Waals surface area contributed by atoms with Gasteiger partial charge in [-0.1, -0.05) is 24.3 Å². The molecule has 0 fully saturated rings. The van der Waals surface area contributed by atoms with Crippen LogP contribution >= 0.6 is 24.0 Å². The summed E-state index contributed by atoms with van der Waals surface area (Å²) in [6.07, 6.45) is 1.92. The minimum absolute atomic E-state index is 0. The Kier molecular flexibility index (Phi) is 9.79. The molecule has 1 aromatic carbocycles. The summed E-state index contributed by atoms with van der Waals surface area (Å²) in [7, 11) is 3.42. The highest BCUT2D eigenvalue weighted by atomic mass is 127. The Morgan fingerprint density at radius 3 is 2.46 bits per heavy atom. The van der Waals surface area contributed by atoms with Crippen molar-refractivity contribution in [2.75, 3.05) is 14.2 Å². The summed E-state index contributed by atoms with van der Waals surface area (Å²) in [5, 5.41) is 6.55. The number of aliphatic imine (C=N–C) groups is 1. The van der Waals surface area contributed by atoms with Crippen molar-refractivity contribution < 1.29 is 9.47 Å². The van der Waals surface area contributed by atoms with Gasteiger partial charge in [0.15, 0.2) is 5.96 Å². The van der Waals surface area contributed by atoms with Crippen LogP contribution in [0.4, 0.5) is 0 Å². The molecule has 0 amide bonds. The fourth-order valence-corrected chi connectivity index (χ4v) is 2.26. The Bertz CT molecular complexity index is 690. The van der Waals surface area contributed by atoms with Crippen LogP contribution < -0.4 is 20.1 Å². The minimum atomic E-state index is 0. The topological polar surface area (TPSA) is 67.8 Å². The van der Waals surface area contributed by atoms with Crippen molar-refractivity contribution in [3.8, 4) is 11.6 Å². The molecular weight excluding hydrogens is 443 g/mol. The van der Waals surface area contributed by atoms with Crippen molar-refractivity contribution in [1.82, 2.24) is 15.6 Å². The molecule has 0 bridgehead atoms. The van der Waals surface area contributed by atoms with E-state index in [-0.39, 0.29) is 30.1 Å². The molecule has 7 heteroatoms. The van der Waals surface area contributed by atoms with Crippen molar-refractivity contribution in [2.24, 2.45) is 4.99 Å². The highest BCUT2D eigenvalue weighted by Gasteiger charge is 2.04. The van der Waals surface area contributed by atoms with Gasteiger partial charge in [-0.3, -0.25) is 4.99 Å². The number of rotatable bonds is 7. The Hall–Kier alpha value is -2.03. The average molecular weight is 470 g/mol. The van der Waals surface area contributed by atoms with E-state index in [4.69, 9.17) is 9.47 Å². The van der Waals surface area contributed by atoms with E-state index < -0.39 is 0 Å². The van der Waals surface area contributed by atoms with Crippen LogP contribution in [0.1, 0.15) is 25.0 Å². The van der Waals surface area contributed by atoms with E-state index in [1.165, 1.54) is 0 Å². The summed E-state index contributed by atoms with van der Waals surface area (Å²) in [5.41, 5.74) is 2.13. The zero-order valence-corrected chi connectivity index (χ0v) is 18.0. The van der Waals surface area contributed by atoms with E-state index in [0.717, 1.165) is 16.9 Å². The summed E-state index contributed by atoms with van der Waals surface area (Å²) >= 11 is 0. The molecule has 0 saturated heterocycles. The number of aromatic nitrogens is 1. The van der Waals surface area contributed by atoms with Gasteiger partial charge < -0.3 is 20.1 Å². The second-order valence-corrected chi connectivity index (χ2v) is 5.76. The van der Waals surface area contributed by atoms with E-state index in [1.54, 1.807) is 20.4 Å². The van der Waals surface area contributed by atoms with Crippen LogP contribution in [0.25, 0.3) is 0 Å². The van der Waals surface area contributed by atoms with Gasteiger partial charge in [-0.25, -0.2) is 4.98 Å². The molecule has 6 nitrogen and oxygen atoms in total. The molecule has 26 heavy (non-hydrogen) atoms. The Morgan fingerprint density at radius 2 is 1.85 bits per heavy atom. The van der Waals surface area contributed by atoms with Crippen LogP contribution in [-0.4, -0.2) is 31.2 Å². The van der Waals surface area contributed by atoms with Gasteiger partial charge in [-0.05, 0) is 25.5 Å². The molecule has 0 atom stereocenters. The van der Waals surface area contributed by atoms with Crippen molar-refractivity contribution in [2.45, 2.75) is 33.0 Å². The van der Waals surface area contributed by atoms with Gasteiger partial charge in [0.1, 0.15) is 5.75 Å². The minimum Gasteiger partial charge on any atom is -0.496 e. The van der Waals surface area contributed by atoms with Crippen molar-refractivity contribution in [3.63, 3.8) is 0 Å². The lowest BCUT2D eigenvalue weighted by Gasteiger charge is -2.14. The quantitative estimate of drug-likeness (QED) is 0.369. The molecule has 0 spiro atoms. The van der Waals surface area contributed by atoms with Crippen molar-refractivity contribution in [1.29, 1.82) is 0 Å². The van der Waals surface area contributed by atoms with Gasteiger partial charge in [0.2, 0.25) is 5.88 Å². The lowest BCUT2D eigenvalue weighted by atomic mass is 10.2. The second-order valence-electron chi connectivity index (χ2n) is 5.76. The van der Waals surface area contributed by atoms with Gasteiger partial charge in [-0.15, -0.1) is 24.0 Å². The maximum atomic E-state index is 5.55. The number of ether oxygens (including phenoxy) is 2. The number of methoxy groups -OCH3 is 1. The number of guanidine groups is 1. The molecule has 0 unspecified atom stereocenters. The second kappa shape index (κ2) is 11.6. The maximum absolute atomic E-state index is 5.55. The van der Waals surface area contributed by atoms with E-state index in [2.05, 4.69) is 20.6 Å². The summed E-state index contributed by atoms with van der Waals surface area (Å²) < 4.78 is 10.9. The third kappa shape index (κ3) is 7.07. The fourth-order valence-electron chi connectivity index (χ4n) is 2.26. The highest BCUT2D eigenvalue weighted by Crippen LogP contribution is 2.16. The Morgan fingerprint density at radius 1 is 1.12 bits per heavy atom. The van der Waals surface area contributed by atoms with Crippen LogP contribution in [0.2, 0.25) is 0 Å². The zero-order valence-electron chi connectivity index (χ0n) is 15.7. The van der Waals surface area contributed by atoms with E-state index in [0.29, 0.717) is 24.9 Å². The Labute approximate surface area is 172 Å². The summed E-state index contributed by atoms with van der Waals surface area (Å²) in [5.74, 6) is 2.21.